The van der Waals surface area contributed by atoms with Crippen molar-refractivity contribution in [3.05, 3.63) is 12.4 Å². The third-order valence-electron chi connectivity index (χ3n) is 2.00. The number of rotatable bonds is 7. The van der Waals surface area contributed by atoms with Gasteiger partial charge in [-0.1, -0.05) is 0 Å². The summed E-state index contributed by atoms with van der Waals surface area (Å²) in [5.41, 5.74) is 0. The van der Waals surface area contributed by atoms with E-state index < -0.39 is 0 Å². The van der Waals surface area contributed by atoms with E-state index in [2.05, 4.69) is 20.2 Å². The Hall–Kier alpha value is -1.36. The highest BCUT2D eigenvalue weighted by Crippen LogP contribution is 2.10. The minimum absolute atomic E-state index is 0.629. The highest BCUT2D eigenvalue weighted by Gasteiger charge is 1.98. The first kappa shape index (κ1) is 12.7. The monoisotopic (exact) mass is 224 g/mol. The zero-order valence-corrected chi connectivity index (χ0v) is 10.2. The number of hydrogen-bond donors (Lipinski definition) is 1. The Kier molecular flexibility index (Phi) is 5.56. The molecule has 0 aromatic carbocycles. The van der Waals surface area contributed by atoms with Crippen LogP contribution in [0, 0.1) is 0 Å². The third kappa shape index (κ3) is 4.93. The lowest BCUT2D eigenvalue weighted by Gasteiger charge is -2.10. The van der Waals surface area contributed by atoms with Crippen LogP contribution in [0.15, 0.2) is 12.4 Å². The highest BCUT2D eigenvalue weighted by atomic mass is 16.5. The molecule has 0 amide bonds. The van der Waals surface area contributed by atoms with Gasteiger partial charge in [0.15, 0.2) is 0 Å². The summed E-state index contributed by atoms with van der Waals surface area (Å²) in [6, 6.07) is 1.82. The van der Waals surface area contributed by atoms with Gasteiger partial charge in [0, 0.05) is 19.2 Å². The van der Waals surface area contributed by atoms with E-state index >= 15 is 0 Å². The standard InChI is InChI=1S/C11H20N4O/c1-4-12-10-8-11(14-9-13-10)16-7-5-6-15(2)3/h8-9H,4-7H2,1-3H3,(H,12,13,14). The van der Waals surface area contributed by atoms with Gasteiger partial charge in [0.05, 0.1) is 6.61 Å². The molecule has 90 valence electrons. The van der Waals surface area contributed by atoms with Crippen molar-refractivity contribution in [2.75, 3.05) is 39.1 Å². The molecule has 1 heterocycles. The number of nitrogens with one attached hydrogen (secondary N) is 1. The Morgan fingerprint density at radius 1 is 1.38 bits per heavy atom. The molecule has 0 saturated heterocycles. The number of hydrogen-bond acceptors (Lipinski definition) is 5. The first-order valence-corrected chi connectivity index (χ1v) is 5.56. The zero-order valence-electron chi connectivity index (χ0n) is 10.2. The minimum atomic E-state index is 0.629. The van der Waals surface area contributed by atoms with Crippen LogP contribution in [0.5, 0.6) is 5.88 Å². The van der Waals surface area contributed by atoms with Gasteiger partial charge in [-0.2, -0.15) is 0 Å². The van der Waals surface area contributed by atoms with Gasteiger partial charge in [0.1, 0.15) is 12.1 Å². The predicted molar refractivity (Wildman–Crippen MR) is 64.9 cm³/mol. The fourth-order valence-corrected chi connectivity index (χ4v) is 1.25. The summed E-state index contributed by atoms with van der Waals surface area (Å²) in [4.78, 5) is 10.3. The van der Waals surface area contributed by atoms with Crippen molar-refractivity contribution < 1.29 is 4.74 Å². The Balaban J connectivity index is 2.33. The van der Waals surface area contributed by atoms with Crippen LogP contribution < -0.4 is 10.1 Å². The SMILES string of the molecule is CCNc1cc(OCCCN(C)C)ncn1. The molecular weight excluding hydrogens is 204 g/mol. The molecule has 5 heteroatoms. The van der Waals surface area contributed by atoms with Gasteiger partial charge >= 0.3 is 0 Å². The van der Waals surface area contributed by atoms with E-state index in [1.807, 2.05) is 27.1 Å². The van der Waals surface area contributed by atoms with Crippen molar-refractivity contribution >= 4 is 5.82 Å². The molecule has 0 aliphatic carbocycles. The van der Waals surface area contributed by atoms with Gasteiger partial charge in [-0.25, -0.2) is 9.97 Å². The second-order valence-electron chi connectivity index (χ2n) is 3.78. The summed E-state index contributed by atoms with van der Waals surface area (Å²) in [7, 11) is 4.10. The van der Waals surface area contributed by atoms with E-state index in [0.717, 1.165) is 25.3 Å². The lowest BCUT2D eigenvalue weighted by Crippen LogP contribution is -2.15. The number of anilines is 1. The van der Waals surface area contributed by atoms with Crippen LogP contribution >= 0.6 is 0 Å². The lowest BCUT2D eigenvalue weighted by molar-refractivity contribution is 0.273. The molecular formula is C11H20N4O. The molecule has 0 saturated carbocycles. The third-order valence-corrected chi connectivity index (χ3v) is 2.00. The number of nitrogens with zero attached hydrogens (tertiary/aromatic N) is 3. The zero-order chi connectivity index (χ0) is 11.8. The van der Waals surface area contributed by atoms with E-state index in [9.17, 15) is 0 Å². The summed E-state index contributed by atoms with van der Waals surface area (Å²) < 4.78 is 5.53. The second-order valence-corrected chi connectivity index (χ2v) is 3.78. The first-order valence-electron chi connectivity index (χ1n) is 5.56. The molecule has 0 radical (unpaired) electrons. The van der Waals surface area contributed by atoms with Gasteiger partial charge in [-0.3, -0.25) is 0 Å². The Labute approximate surface area is 96.8 Å². The molecule has 0 aliphatic rings. The van der Waals surface area contributed by atoms with Crippen molar-refractivity contribution in [1.82, 2.24) is 14.9 Å². The summed E-state index contributed by atoms with van der Waals surface area (Å²) >= 11 is 0. The van der Waals surface area contributed by atoms with E-state index in [1.165, 1.54) is 6.33 Å². The quantitative estimate of drug-likeness (QED) is 0.706. The average molecular weight is 224 g/mol. The maximum absolute atomic E-state index is 5.53. The molecule has 1 rings (SSSR count). The van der Waals surface area contributed by atoms with E-state index in [-0.39, 0.29) is 0 Å². The molecule has 1 aromatic heterocycles. The summed E-state index contributed by atoms with van der Waals surface area (Å²) in [6.07, 6.45) is 2.51. The maximum Gasteiger partial charge on any atom is 0.218 e. The van der Waals surface area contributed by atoms with Crippen molar-refractivity contribution in [2.45, 2.75) is 13.3 Å². The highest BCUT2D eigenvalue weighted by molar-refractivity contribution is 5.36. The molecule has 1 N–H and O–H groups in total. The van der Waals surface area contributed by atoms with Crippen LogP contribution in [-0.2, 0) is 0 Å². The molecule has 1 aromatic rings. The fraction of sp³-hybridized carbons (Fsp3) is 0.636. The topological polar surface area (TPSA) is 50.3 Å². The van der Waals surface area contributed by atoms with Gasteiger partial charge < -0.3 is 15.0 Å². The first-order chi connectivity index (χ1) is 7.72. The molecule has 0 aliphatic heterocycles. The summed E-state index contributed by atoms with van der Waals surface area (Å²) in [6.45, 7) is 4.57. The largest absolute Gasteiger partial charge is 0.477 e. The fourth-order valence-electron chi connectivity index (χ4n) is 1.25. The molecule has 16 heavy (non-hydrogen) atoms. The van der Waals surface area contributed by atoms with E-state index in [0.29, 0.717) is 12.5 Å². The number of aromatic nitrogens is 2. The predicted octanol–water partition coefficient (Wildman–Crippen LogP) is 1.24. The normalized spacial score (nSPS) is 10.5. The van der Waals surface area contributed by atoms with Gasteiger partial charge in [-0.05, 0) is 27.4 Å². The second kappa shape index (κ2) is 7.00. The molecule has 5 nitrogen and oxygen atoms in total. The van der Waals surface area contributed by atoms with Crippen LogP contribution in [0.3, 0.4) is 0 Å². The molecule has 0 unspecified atom stereocenters. The smallest absolute Gasteiger partial charge is 0.218 e. The molecule has 0 spiro atoms. The van der Waals surface area contributed by atoms with E-state index in [1.54, 1.807) is 0 Å². The van der Waals surface area contributed by atoms with Crippen molar-refractivity contribution in [2.24, 2.45) is 0 Å². The van der Waals surface area contributed by atoms with Crippen LogP contribution in [0.4, 0.5) is 5.82 Å². The van der Waals surface area contributed by atoms with Gasteiger partial charge in [-0.15, -0.1) is 0 Å². The van der Waals surface area contributed by atoms with Crippen LogP contribution in [-0.4, -0.2) is 48.7 Å². The van der Waals surface area contributed by atoms with Crippen molar-refractivity contribution in [3.63, 3.8) is 0 Å². The van der Waals surface area contributed by atoms with Crippen LogP contribution in [0.1, 0.15) is 13.3 Å². The Morgan fingerprint density at radius 3 is 2.88 bits per heavy atom. The summed E-state index contributed by atoms with van der Waals surface area (Å²) in [5, 5.41) is 3.12. The maximum atomic E-state index is 5.53. The summed E-state index contributed by atoms with van der Waals surface area (Å²) in [5.74, 6) is 1.44. The number of ether oxygens (including phenoxy) is 1. The molecule has 0 bridgehead atoms. The van der Waals surface area contributed by atoms with Gasteiger partial charge in [0.25, 0.3) is 0 Å². The minimum Gasteiger partial charge on any atom is -0.477 e. The molecule has 0 fully saturated rings. The lowest BCUT2D eigenvalue weighted by atomic mass is 10.4. The molecule has 0 atom stereocenters. The van der Waals surface area contributed by atoms with Crippen LogP contribution in [0.2, 0.25) is 0 Å². The Bertz CT molecular complexity index is 304. The Morgan fingerprint density at radius 2 is 2.19 bits per heavy atom. The van der Waals surface area contributed by atoms with Crippen molar-refractivity contribution in [1.29, 1.82) is 0 Å². The van der Waals surface area contributed by atoms with Crippen LogP contribution in [0.25, 0.3) is 0 Å². The average Bonchev–Trinajstić information content (AvgIpc) is 2.25. The van der Waals surface area contributed by atoms with Gasteiger partial charge in [0.2, 0.25) is 5.88 Å². The van der Waals surface area contributed by atoms with E-state index in [4.69, 9.17) is 4.74 Å². The van der Waals surface area contributed by atoms with Crippen molar-refractivity contribution in [3.8, 4) is 5.88 Å².